The summed E-state index contributed by atoms with van der Waals surface area (Å²) < 4.78 is 13.0. The fourth-order valence-electron chi connectivity index (χ4n) is 1.74. The molecular formula is C14H22FNS. The molecule has 0 aliphatic carbocycles. The lowest BCUT2D eigenvalue weighted by molar-refractivity contribution is 0.624. The average molecular weight is 255 g/mol. The number of hydrogen-bond donors (Lipinski definition) is 1. The fraction of sp³-hybridized carbons (Fsp3) is 0.571. The van der Waals surface area contributed by atoms with Crippen LogP contribution in [0.5, 0.6) is 0 Å². The van der Waals surface area contributed by atoms with Crippen molar-refractivity contribution < 1.29 is 4.39 Å². The van der Waals surface area contributed by atoms with Gasteiger partial charge in [-0.05, 0) is 30.4 Å². The standard InChI is InChI=1S/C14H22FNS/c1-2-3-4-5-6-7-8-17-14-10-12(15)9-13(16)11-14/h9-11H,2-8,16H2,1H3. The monoisotopic (exact) mass is 255 g/mol. The summed E-state index contributed by atoms with van der Waals surface area (Å²) in [6, 6.07) is 4.75. The lowest BCUT2D eigenvalue weighted by Gasteiger charge is -2.03. The average Bonchev–Trinajstić information content (AvgIpc) is 2.26. The van der Waals surface area contributed by atoms with Crippen molar-refractivity contribution >= 4 is 17.4 Å². The number of thioether (sulfide) groups is 1. The Kier molecular flexibility index (Phi) is 7.10. The Morgan fingerprint density at radius 1 is 1.06 bits per heavy atom. The second-order valence-electron chi connectivity index (χ2n) is 4.34. The van der Waals surface area contributed by atoms with Crippen LogP contribution in [0, 0.1) is 5.82 Å². The van der Waals surface area contributed by atoms with Crippen molar-refractivity contribution in [2.45, 2.75) is 50.3 Å². The second-order valence-corrected chi connectivity index (χ2v) is 5.50. The predicted octanol–water partition coefficient (Wildman–Crippen LogP) is 4.86. The molecule has 3 heteroatoms. The Morgan fingerprint density at radius 3 is 2.47 bits per heavy atom. The molecular weight excluding hydrogens is 233 g/mol. The van der Waals surface area contributed by atoms with Crippen LogP contribution < -0.4 is 5.73 Å². The lowest BCUT2D eigenvalue weighted by Crippen LogP contribution is -1.88. The van der Waals surface area contributed by atoms with Gasteiger partial charge in [-0.25, -0.2) is 4.39 Å². The molecule has 96 valence electrons. The molecule has 0 saturated heterocycles. The van der Waals surface area contributed by atoms with Crippen molar-refractivity contribution in [2.75, 3.05) is 11.5 Å². The zero-order valence-electron chi connectivity index (χ0n) is 10.5. The number of benzene rings is 1. The Labute approximate surface area is 108 Å². The van der Waals surface area contributed by atoms with Crippen LogP contribution in [0.1, 0.15) is 45.4 Å². The van der Waals surface area contributed by atoms with Crippen molar-refractivity contribution in [1.82, 2.24) is 0 Å². The number of nitrogen functional groups attached to an aromatic ring is 1. The molecule has 0 bridgehead atoms. The van der Waals surface area contributed by atoms with Gasteiger partial charge in [0.05, 0.1) is 0 Å². The van der Waals surface area contributed by atoms with Crippen LogP contribution in [0.25, 0.3) is 0 Å². The summed E-state index contributed by atoms with van der Waals surface area (Å²) in [5.74, 6) is 0.810. The van der Waals surface area contributed by atoms with Crippen molar-refractivity contribution in [2.24, 2.45) is 0 Å². The third kappa shape index (κ3) is 6.57. The summed E-state index contributed by atoms with van der Waals surface area (Å²) in [6.07, 6.45) is 7.77. The van der Waals surface area contributed by atoms with Crippen LogP contribution in [-0.4, -0.2) is 5.75 Å². The molecule has 0 fully saturated rings. The molecule has 1 aromatic rings. The van der Waals surface area contributed by atoms with Crippen LogP contribution >= 0.6 is 11.8 Å². The summed E-state index contributed by atoms with van der Waals surface area (Å²) in [5.41, 5.74) is 6.10. The highest BCUT2D eigenvalue weighted by Gasteiger charge is 1.99. The number of nitrogens with two attached hydrogens (primary N) is 1. The third-order valence-corrected chi connectivity index (χ3v) is 3.72. The van der Waals surface area contributed by atoms with E-state index in [1.54, 1.807) is 17.8 Å². The molecule has 0 heterocycles. The quantitative estimate of drug-likeness (QED) is 0.408. The van der Waals surface area contributed by atoms with Crippen molar-refractivity contribution in [3.8, 4) is 0 Å². The van der Waals surface area contributed by atoms with E-state index in [0.29, 0.717) is 5.69 Å². The zero-order chi connectivity index (χ0) is 12.5. The van der Waals surface area contributed by atoms with E-state index < -0.39 is 0 Å². The summed E-state index contributed by atoms with van der Waals surface area (Å²) in [6.45, 7) is 2.23. The highest BCUT2D eigenvalue weighted by Crippen LogP contribution is 2.23. The number of halogens is 1. The van der Waals surface area contributed by atoms with Crippen molar-refractivity contribution in [3.63, 3.8) is 0 Å². The van der Waals surface area contributed by atoms with Gasteiger partial charge in [0.1, 0.15) is 5.82 Å². The van der Waals surface area contributed by atoms with Gasteiger partial charge in [0.25, 0.3) is 0 Å². The highest BCUT2D eigenvalue weighted by molar-refractivity contribution is 7.99. The van der Waals surface area contributed by atoms with Gasteiger partial charge in [-0.2, -0.15) is 0 Å². The first-order valence-corrected chi connectivity index (χ1v) is 7.40. The lowest BCUT2D eigenvalue weighted by atomic mass is 10.1. The van der Waals surface area contributed by atoms with Gasteiger partial charge < -0.3 is 5.73 Å². The summed E-state index contributed by atoms with van der Waals surface area (Å²) in [7, 11) is 0. The van der Waals surface area contributed by atoms with E-state index in [2.05, 4.69) is 6.92 Å². The number of anilines is 1. The summed E-state index contributed by atoms with van der Waals surface area (Å²) >= 11 is 1.69. The largest absolute Gasteiger partial charge is 0.399 e. The number of hydrogen-bond acceptors (Lipinski definition) is 2. The minimum atomic E-state index is -0.240. The van der Waals surface area contributed by atoms with E-state index in [-0.39, 0.29) is 5.82 Å². The van der Waals surface area contributed by atoms with Crippen LogP contribution in [-0.2, 0) is 0 Å². The molecule has 1 rings (SSSR count). The van der Waals surface area contributed by atoms with Gasteiger partial charge in [-0.3, -0.25) is 0 Å². The first-order chi connectivity index (χ1) is 8.22. The van der Waals surface area contributed by atoms with E-state index in [1.165, 1.54) is 44.6 Å². The van der Waals surface area contributed by atoms with Crippen LogP contribution in [0.4, 0.5) is 10.1 Å². The second kappa shape index (κ2) is 8.40. The SMILES string of the molecule is CCCCCCCCSc1cc(N)cc(F)c1. The molecule has 1 nitrogen and oxygen atoms in total. The van der Waals surface area contributed by atoms with Gasteiger partial charge in [0.15, 0.2) is 0 Å². The third-order valence-electron chi connectivity index (χ3n) is 2.66. The Morgan fingerprint density at radius 2 is 1.76 bits per heavy atom. The molecule has 0 radical (unpaired) electrons. The van der Waals surface area contributed by atoms with Crippen LogP contribution in [0.3, 0.4) is 0 Å². The maximum Gasteiger partial charge on any atom is 0.126 e. The first kappa shape index (κ1) is 14.4. The number of rotatable bonds is 8. The van der Waals surface area contributed by atoms with Gasteiger partial charge in [-0.15, -0.1) is 11.8 Å². The molecule has 0 aliphatic heterocycles. The highest BCUT2D eigenvalue weighted by atomic mass is 32.2. The van der Waals surface area contributed by atoms with Crippen LogP contribution in [0.15, 0.2) is 23.1 Å². The minimum Gasteiger partial charge on any atom is -0.399 e. The molecule has 0 aromatic heterocycles. The Hall–Kier alpha value is -0.700. The van der Waals surface area contributed by atoms with Gasteiger partial charge in [0.2, 0.25) is 0 Å². The maximum absolute atomic E-state index is 13.0. The fourth-order valence-corrected chi connectivity index (χ4v) is 2.74. The molecule has 0 amide bonds. The Balaban J connectivity index is 2.13. The normalized spacial score (nSPS) is 10.7. The molecule has 0 aliphatic rings. The molecule has 0 unspecified atom stereocenters. The molecule has 1 aromatic carbocycles. The molecule has 2 N–H and O–H groups in total. The van der Waals surface area contributed by atoms with E-state index in [1.807, 2.05) is 6.07 Å². The topological polar surface area (TPSA) is 26.0 Å². The van der Waals surface area contributed by atoms with Crippen LogP contribution in [0.2, 0.25) is 0 Å². The molecule has 17 heavy (non-hydrogen) atoms. The predicted molar refractivity (Wildman–Crippen MR) is 74.9 cm³/mol. The summed E-state index contributed by atoms with van der Waals surface area (Å²) in [5, 5.41) is 0. The van der Waals surface area contributed by atoms with E-state index in [9.17, 15) is 4.39 Å². The summed E-state index contributed by atoms with van der Waals surface area (Å²) in [4.78, 5) is 0.941. The van der Waals surface area contributed by atoms with Gasteiger partial charge >= 0.3 is 0 Å². The molecule has 0 saturated carbocycles. The van der Waals surface area contributed by atoms with Crippen molar-refractivity contribution in [3.05, 3.63) is 24.0 Å². The molecule has 0 spiro atoms. The zero-order valence-corrected chi connectivity index (χ0v) is 11.4. The number of unbranched alkanes of at least 4 members (excludes halogenated alkanes) is 5. The van der Waals surface area contributed by atoms with Crippen molar-refractivity contribution in [1.29, 1.82) is 0 Å². The Bertz CT molecular complexity index is 308. The van der Waals surface area contributed by atoms with E-state index in [4.69, 9.17) is 5.73 Å². The first-order valence-electron chi connectivity index (χ1n) is 6.41. The van der Waals surface area contributed by atoms with Gasteiger partial charge in [-0.1, -0.05) is 39.0 Å². The molecule has 0 atom stereocenters. The van der Waals surface area contributed by atoms with E-state index in [0.717, 1.165) is 10.6 Å². The van der Waals surface area contributed by atoms with E-state index >= 15 is 0 Å². The van der Waals surface area contributed by atoms with Gasteiger partial charge in [0, 0.05) is 10.6 Å². The maximum atomic E-state index is 13.0. The smallest absolute Gasteiger partial charge is 0.126 e. The minimum absolute atomic E-state index is 0.240.